The molecule has 0 aliphatic carbocycles. The maximum Gasteiger partial charge on any atom is 0.126 e. The fraction of sp³-hybridized carbons (Fsp3) is 0.625. The highest BCUT2D eigenvalue weighted by Gasteiger charge is 2.20. The number of hydrogen-bond donors (Lipinski definition) is 1. The van der Waals surface area contributed by atoms with Gasteiger partial charge in [0.15, 0.2) is 0 Å². The van der Waals surface area contributed by atoms with Crippen LogP contribution < -0.4 is 5.73 Å². The van der Waals surface area contributed by atoms with Gasteiger partial charge in [-0.3, -0.25) is 0 Å². The van der Waals surface area contributed by atoms with Gasteiger partial charge in [0.1, 0.15) is 5.82 Å². The van der Waals surface area contributed by atoms with Crippen molar-refractivity contribution in [3.05, 3.63) is 35.1 Å². The van der Waals surface area contributed by atoms with Gasteiger partial charge in [-0.25, -0.2) is 4.39 Å². The molecule has 1 aromatic rings. The molecule has 0 unspecified atom stereocenters. The summed E-state index contributed by atoms with van der Waals surface area (Å²) in [4.78, 5) is 0. The van der Waals surface area contributed by atoms with E-state index in [0.717, 1.165) is 18.4 Å². The Hall–Kier alpha value is -0.890. The topological polar surface area (TPSA) is 26.0 Å². The van der Waals surface area contributed by atoms with Crippen LogP contribution in [0.4, 0.5) is 4.39 Å². The van der Waals surface area contributed by atoms with Gasteiger partial charge in [0.25, 0.3) is 0 Å². The standard InChI is InChI=1S/C16H26FN/c1-15(2,3)13-10-12(6-7-14(13)17)8-9-16(4,5)11-18/h6-7,10H,8-9,11,18H2,1-5H3. The van der Waals surface area contributed by atoms with Crippen LogP contribution in [0, 0.1) is 11.2 Å². The molecular weight excluding hydrogens is 225 g/mol. The summed E-state index contributed by atoms with van der Waals surface area (Å²) in [7, 11) is 0. The predicted molar refractivity (Wildman–Crippen MR) is 76.3 cm³/mol. The summed E-state index contributed by atoms with van der Waals surface area (Å²) < 4.78 is 13.8. The van der Waals surface area contributed by atoms with Gasteiger partial charge in [0.05, 0.1) is 0 Å². The molecule has 0 aliphatic heterocycles. The molecule has 2 N–H and O–H groups in total. The van der Waals surface area contributed by atoms with E-state index >= 15 is 0 Å². The molecule has 0 bridgehead atoms. The molecule has 18 heavy (non-hydrogen) atoms. The molecule has 1 rings (SSSR count). The first kappa shape index (κ1) is 15.2. The highest BCUT2D eigenvalue weighted by atomic mass is 19.1. The van der Waals surface area contributed by atoms with Gasteiger partial charge in [-0.2, -0.15) is 0 Å². The van der Waals surface area contributed by atoms with Crippen LogP contribution in [0.1, 0.15) is 52.2 Å². The van der Waals surface area contributed by atoms with Gasteiger partial charge in [0.2, 0.25) is 0 Å². The molecule has 1 nitrogen and oxygen atoms in total. The summed E-state index contributed by atoms with van der Waals surface area (Å²) in [6.07, 6.45) is 1.98. The van der Waals surface area contributed by atoms with Gasteiger partial charge in [-0.05, 0) is 47.4 Å². The van der Waals surface area contributed by atoms with E-state index in [1.54, 1.807) is 6.07 Å². The maximum absolute atomic E-state index is 13.8. The van der Waals surface area contributed by atoms with Crippen molar-refractivity contribution in [3.63, 3.8) is 0 Å². The highest BCUT2D eigenvalue weighted by molar-refractivity contribution is 5.30. The third-order valence-corrected chi connectivity index (χ3v) is 3.48. The molecule has 0 fully saturated rings. The van der Waals surface area contributed by atoms with Gasteiger partial charge >= 0.3 is 0 Å². The Morgan fingerprint density at radius 2 is 1.72 bits per heavy atom. The van der Waals surface area contributed by atoms with Crippen LogP contribution in [0.15, 0.2) is 18.2 Å². The van der Waals surface area contributed by atoms with Crippen LogP contribution in [0.2, 0.25) is 0 Å². The zero-order valence-corrected chi connectivity index (χ0v) is 12.3. The average Bonchev–Trinajstić information content (AvgIpc) is 2.26. The van der Waals surface area contributed by atoms with Gasteiger partial charge < -0.3 is 5.73 Å². The summed E-state index contributed by atoms with van der Waals surface area (Å²) >= 11 is 0. The number of rotatable bonds is 4. The third-order valence-electron chi connectivity index (χ3n) is 3.48. The van der Waals surface area contributed by atoms with Crippen LogP contribution in [-0.4, -0.2) is 6.54 Å². The van der Waals surface area contributed by atoms with Crippen LogP contribution in [-0.2, 0) is 11.8 Å². The van der Waals surface area contributed by atoms with Crippen LogP contribution in [0.25, 0.3) is 0 Å². The van der Waals surface area contributed by atoms with E-state index in [1.165, 1.54) is 5.56 Å². The van der Waals surface area contributed by atoms with E-state index < -0.39 is 0 Å². The molecule has 102 valence electrons. The molecule has 2 heteroatoms. The molecule has 0 spiro atoms. The van der Waals surface area contributed by atoms with E-state index in [2.05, 4.69) is 13.8 Å². The van der Waals surface area contributed by atoms with Gasteiger partial charge in [-0.1, -0.05) is 46.8 Å². The van der Waals surface area contributed by atoms with Crippen molar-refractivity contribution >= 4 is 0 Å². The number of benzene rings is 1. The van der Waals surface area contributed by atoms with Crippen LogP contribution in [0.5, 0.6) is 0 Å². The quantitative estimate of drug-likeness (QED) is 0.858. The second-order valence-electron chi connectivity index (χ2n) is 6.93. The number of halogens is 1. The molecule has 0 saturated heterocycles. The van der Waals surface area contributed by atoms with Crippen LogP contribution >= 0.6 is 0 Å². The minimum absolute atomic E-state index is 0.107. The fourth-order valence-corrected chi connectivity index (χ4v) is 1.89. The van der Waals surface area contributed by atoms with E-state index in [1.807, 2.05) is 32.9 Å². The predicted octanol–water partition coefficient (Wildman–Crippen LogP) is 4.04. The smallest absolute Gasteiger partial charge is 0.126 e. The van der Waals surface area contributed by atoms with Crippen molar-refractivity contribution in [1.29, 1.82) is 0 Å². The number of aryl methyl sites for hydroxylation is 1. The summed E-state index contributed by atoms with van der Waals surface area (Å²) in [5.41, 5.74) is 7.73. The monoisotopic (exact) mass is 251 g/mol. The van der Waals surface area contributed by atoms with E-state index in [0.29, 0.717) is 6.54 Å². The largest absolute Gasteiger partial charge is 0.330 e. The van der Waals surface area contributed by atoms with Crippen molar-refractivity contribution in [1.82, 2.24) is 0 Å². The van der Waals surface area contributed by atoms with Crippen molar-refractivity contribution in [2.75, 3.05) is 6.54 Å². The number of hydrogen-bond acceptors (Lipinski definition) is 1. The first-order chi connectivity index (χ1) is 8.15. The lowest BCUT2D eigenvalue weighted by Gasteiger charge is -2.24. The second-order valence-corrected chi connectivity index (χ2v) is 6.93. The Labute approximate surface area is 111 Å². The second kappa shape index (κ2) is 5.40. The summed E-state index contributed by atoms with van der Waals surface area (Å²) in [6.45, 7) is 11.1. The molecule has 0 heterocycles. The Morgan fingerprint density at radius 1 is 1.11 bits per heavy atom. The maximum atomic E-state index is 13.8. The molecule has 1 aromatic carbocycles. The normalized spacial score (nSPS) is 12.8. The lowest BCUT2D eigenvalue weighted by molar-refractivity contribution is 0.347. The lowest BCUT2D eigenvalue weighted by Crippen LogP contribution is -2.24. The first-order valence-corrected chi connectivity index (χ1v) is 6.65. The molecular formula is C16H26FN. The SMILES string of the molecule is CC(C)(CN)CCc1ccc(F)c(C(C)(C)C)c1. The van der Waals surface area contributed by atoms with Gasteiger partial charge in [-0.15, -0.1) is 0 Å². The number of nitrogens with two attached hydrogens (primary N) is 1. The zero-order chi connectivity index (χ0) is 14.0. The first-order valence-electron chi connectivity index (χ1n) is 6.65. The summed E-state index contributed by atoms with van der Waals surface area (Å²) in [5.74, 6) is -0.107. The van der Waals surface area contributed by atoms with Gasteiger partial charge in [0, 0.05) is 0 Å². The highest BCUT2D eigenvalue weighted by Crippen LogP contribution is 2.28. The molecule has 0 aliphatic rings. The lowest BCUT2D eigenvalue weighted by atomic mass is 9.83. The molecule has 0 aromatic heterocycles. The Morgan fingerprint density at radius 3 is 2.22 bits per heavy atom. The van der Waals surface area contributed by atoms with E-state index in [9.17, 15) is 4.39 Å². The summed E-state index contributed by atoms with van der Waals surface area (Å²) in [6, 6.07) is 5.48. The minimum Gasteiger partial charge on any atom is -0.330 e. The van der Waals surface area contributed by atoms with Crippen molar-refractivity contribution in [2.45, 2.75) is 52.9 Å². The Bertz CT molecular complexity index is 402. The summed E-state index contributed by atoms with van der Waals surface area (Å²) in [5, 5.41) is 0. The fourth-order valence-electron chi connectivity index (χ4n) is 1.89. The van der Waals surface area contributed by atoms with Crippen molar-refractivity contribution < 1.29 is 4.39 Å². The van der Waals surface area contributed by atoms with E-state index in [4.69, 9.17) is 5.73 Å². The molecule has 0 atom stereocenters. The Balaban J connectivity index is 2.87. The van der Waals surface area contributed by atoms with Crippen LogP contribution in [0.3, 0.4) is 0 Å². The Kier molecular flexibility index (Phi) is 4.55. The van der Waals surface area contributed by atoms with E-state index in [-0.39, 0.29) is 16.6 Å². The zero-order valence-electron chi connectivity index (χ0n) is 12.3. The average molecular weight is 251 g/mol. The van der Waals surface area contributed by atoms with Crippen molar-refractivity contribution in [2.24, 2.45) is 11.1 Å². The molecule has 0 amide bonds. The molecule has 0 radical (unpaired) electrons. The minimum atomic E-state index is -0.149. The molecule has 0 saturated carbocycles. The third kappa shape index (κ3) is 4.09. The van der Waals surface area contributed by atoms with Crippen molar-refractivity contribution in [3.8, 4) is 0 Å².